The molecule has 0 N–H and O–H groups in total. The van der Waals surface area contributed by atoms with E-state index in [-0.39, 0.29) is 0 Å². The second-order valence-corrected chi connectivity index (χ2v) is 9.02. The molecule has 1 aliphatic heterocycles. The third-order valence-corrected chi connectivity index (χ3v) is 7.19. The van der Waals surface area contributed by atoms with Gasteiger partial charge in [-0.25, -0.2) is 23.1 Å². The van der Waals surface area contributed by atoms with Crippen molar-refractivity contribution in [3.63, 3.8) is 0 Å². The molecule has 2 aromatic carbocycles. The van der Waals surface area contributed by atoms with Gasteiger partial charge in [-0.3, -0.25) is 0 Å². The molecule has 1 fully saturated rings. The normalized spacial score (nSPS) is 15.5. The molecule has 4 aromatic rings. The number of hydrogen-bond donors (Lipinski definition) is 0. The molecule has 0 unspecified atom stereocenters. The highest BCUT2D eigenvalue weighted by Gasteiger charge is 2.29. The van der Waals surface area contributed by atoms with Crippen LogP contribution in [0.4, 0.5) is 5.82 Å². The summed E-state index contributed by atoms with van der Waals surface area (Å²) in [7, 11) is -3.54. The van der Waals surface area contributed by atoms with E-state index in [4.69, 9.17) is 0 Å². The number of aromatic nitrogens is 4. The second kappa shape index (κ2) is 7.51. The number of benzene rings is 2. The number of fused-ring (bicyclic) bond motifs is 1. The minimum absolute atomic E-state index is 0.331. The van der Waals surface area contributed by atoms with Crippen LogP contribution in [0, 0.1) is 0 Å². The maximum Gasteiger partial charge on any atom is 0.243 e. The maximum absolute atomic E-state index is 13.2. The first kappa shape index (κ1) is 18.7. The molecule has 9 heteroatoms. The molecule has 8 nitrogen and oxygen atoms in total. The van der Waals surface area contributed by atoms with Crippen molar-refractivity contribution in [2.24, 2.45) is 0 Å². The Bertz CT molecular complexity index is 1280. The van der Waals surface area contributed by atoms with Gasteiger partial charge in [0.15, 0.2) is 5.82 Å². The van der Waals surface area contributed by atoms with Crippen molar-refractivity contribution >= 4 is 26.6 Å². The Labute approximate surface area is 174 Å². The molecule has 30 heavy (non-hydrogen) atoms. The highest BCUT2D eigenvalue weighted by Crippen LogP contribution is 2.24. The van der Waals surface area contributed by atoms with Crippen LogP contribution < -0.4 is 4.90 Å². The van der Waals surface area contributed by atoms with Crippen LogP contribution in [-0.2, 0) is 10.0 Å². The van der Waals surface area contributed by atoms with E-state index in [1.165, 1.54) is 6.33 Å². The summed E-state index contributed by atoms with van der Waals surface area (Å²) in [5.74, 6) is 1.44. The average Bonchev–Trinajstić information content (AvgIpc) is 3.34. The molecule has 1 aliphatic rings. The van der Waals surface area contributed by atoms with E-state index >= 15 is 0 Å². The van der Waals surface area contributed by atoms with Gasteiger partial charge in [0.25, 0.3) is 0 Å². The van der Waals surface area contributed by atoms with E-state index < -0.39 is 10.0 Å². The summed E-state index contributed by atoms with van der Waals surface area (Å²) in [6.07, 6.45) is 5.02. The number of sulfonamides is 1. The highest BCUT2D eigenvalue weighted by atomic mass is 32.2. The Morgan fingerprint density at radius 1 is 0.800 bits per heavy atom. The number of rotatable bonds is 4. The predicted octanol–water partition coefficient (Wildman–Crippen LogP) is 2.33. The summed E-state index contributed by atoms with van der Waals surface area (Å²) in [5, 5.41) is 6.14. The largest absolute Gasteiger partial charge is 0.354 e. The number of hydrogen-bond acceptors (Lipinski definition) is 6. The van der Waals surface area contributed by atoms with Crippen LogP contribution in [0.25, 0.3) is 16.6 Å². The van der Waals surface area contributed by atoms with Crippen molar-refractivity contribution < 1.29 is 8.42 Å². The van der Waals surface area contributed by atoms with E-state index in [1.807, 2.05) is 48.7 Å². The first-order valence-corrected chi connectivity index (χ1v) is 11.1. The lowest BCUT2D eigenvalue weighted by atomic mass is 10.1. The Morgan fingerprint density at radius 2 is 1.57 bits per heavy atom. The Hall–Kier alpha value is -3.30. The van der Waals surface area contributed by atoms with E-state index in [0.29, 0.717) is 36.9 Å². The standard InChI is InChI=1S/C21H20N6O2S/c28-30(29,19-7-6-17-4-1-2-5-18(17)14-19)26-12-10-25(11-13-26)20-15-21(23-16-22-20)27-9-3-8-24-27/h1-9,14-16H,10-13H2. The summed E-state index contributed by atoms with van der Waals surface area (Å²) in [6, 6.07) is 16.7. The van der Waals surface area contributed by atoms with Crippen molar-refractivity contribution in [1.29, 1.82) is 0 Å². The van der Waals surface area contributed by atoms with Crippen molar-refractivity contribution in [2.75, 3.05) is 31.1 Å². The Morgan fingerprint density at radius 3 is 2.33 bits per heavy atom. The third-order valence-electron chi connectivity index (χ3n) is 5.30. The lowest BCUT2D eigenvalue weighted by molar-refractivity contribution is 0.384. The maximum atomic E-state index is 13.2. The summed E-state index contributed by atoms with van der Waals surface area (Å²) in [6.45, 7) is 1.91. The van der Waals surface area contributed by atoms with E-state index in [2.05, 4.69) is 20.0 Å². The minimum Gasteiger partial charge on any atom is -0.354 e. The molecule has 0 spiro atoms. The van der Waals surface area contributed by atoms with Crippen LogP contribution in [0.1, 0.15) is 0 Å². The molecule has 0 radical (unpaired) electrons. The van der Waals surface area contributed by atoms with E-state index in [0.717, 1.165) is 16.6 Å². The predicted molar refractivity (Wildman–Crippen MR) is 114 cm³/mol. The van der Waals surface area contributed by atoms with Gasteiger partial charge in [-0.15, -0.1) is 0 Å². The molecule has 0 saturated carbocycles. The summed E-state index contributed by atoms with van der Waals surface area (Å²) < 4.78 is 29.5. The monoisotopic (exact) mass is 420 g/mol. The quantitative estimate of drug-likeness (QED) is 0.504. The number of nitrogens with zero attached hydrogens (tertiary/aromatic N) is 6. The molecule has 1 saturated heterocycles. The lowest BCUT2D eigenvalue weighted by Gasteiger charge is -2.34. The highest BCUT2D eigenvalue weighted by molar-refractivity contribution is 7.89. The smallest absolute Gasteiger partial charge is 0.243 e. The van der Waals surface area contributed by atoms with Crippen molar-refractivity contribution in [2.45, 2.75) is 4.90 Å². The van der Waals surface area contributed by atoms with Crippen LogP contribution in [0.2, 0.25) is 0 Å². The van der Waals surface area contributed by atoms with Crippen LogP contribution in [0.5, 0.6) is 0 Å². The zero-order valence-corrected chi connectivity index (χ0v) is 17.0. The van der Waals surface area contributed by atoms with Gasteiger partial charge >= 0.3 is 0 Å². The van der Waals surface area contributed by atoms with Crippen LogP contribution in [-0.4, -0.2) is 58.7 Å². The molecule has 0 amide bonds. The van der Waals surface area contributed by atoms with Gasteiger partial charge in [0.2, 0.25) is 10.0 Å². The zero-order valence-electron chi connectivity index (χ0n) is 16.2. The lowest BCUT2D eigenvalue weighted by Crippen LogP contribution is -2.48. The van der Waals surface area contributed by atoms with Crippen LogP contribution in [0.15, 0.2) is 78.2 Å². The first-order chi connectivity index (χ1) is 14.6. The van der Waals surface area contributed by atoms with Gasteiger partial charge in [-0.05, 0) is 29.0 Å². The molecular weight excluding hydrogens is 400 g/mol. The number of anilines is 1. The molecule has 0 atom stereocenters. The topological polar surface area (TPSA) is 84.2 Å². The molecule has 5 rings (SSSR count). The average molecular weight is 420 g/mol. The molecule has 152 valence electrons. The van der Waals surface area contributed by atoms with Gasteiger partial charge in [0.05, 0.1) is 4.90 Å². The Balaban J connectivity index is 1.33. The summed E-state index contributed by atoms with van der Waals surface area (Å²) in [4.78, 5) is 11.0. The van der Waals surface area contributed by atoms with Gasteiger partial charge in [0, 0.05) is 44.6 Å². The molecule has 2 aromatic heterocycles. The number of piperazine rings is 1. The van der Waals surface area contributed by atoms with Crippen molar-refractivity contribution in [1.82, 2.24) is 24.1 Å². The van der Waals surface area contributed by atoms with Gasteiger partial charge < -0.3 is 4.90 Å². The molecule has 3 heterocycles. The third kappa shape index (κ3) is 3.42. The molecular formula is C21H20N6O2S. The van der Waals surface area contributed by atoms with Crippen LogP contribution >= 0.6 is 0 Å². The fourth-order valence-corrected chi connectivity index (χ4v) is 5.13. The minimum atomic E-state index is -3.54. The van der Waals surface area contributed by atoms with Gasteiger partial charge in [0.1, 0.15) is 12.1 Å². The van der Waals surface area contributed by atoms with E-state index in [9.17, 15) is 8.42 Å². The van der Waals surface area contributed by atoms with Crippen molar-refractivity contribution in [3.05, 3.63) is 73.3 Å². The summed E-state index contributed by atoms with van der Waals surface area (Å²) >= 11 is 0. The zero-order chi connectivity index (χ0) is 20.6. The van der Waals surface area contributed by atoms with Crippen LogP contribution in [0.3, 0.4) is 0 Å². The fourth-order valence-electron chi connectivity index (χ4n) is 3.67. The second-order valence-electron chi connectivity index (χ2n) is 7.09. The molecule has 0 bridgehead atoms. The van der Waals surface area contributed by atoms with Gasteiger partial charge in [-0.2, -0.15) is 9.40 Å². The summed E-state index contributed by atoms with van der Waals surface area (Å²) in [5.41, 5.74) is 0. The SMILES string of the molecule is O=S(=O)(c1ccc2ccccc2c1)N1CCN(c2cc(-n3cccn3)ncn2)CC1. The van der Waals surface area contributed by atoms with Crippen molar-refractivity contribution in [3.8, 4) is 5.82 Å². The van der Waals surface area contributed by atoms with Gasteiger partial charge in [-0.1, -0.05) is 30.3 Å². The molecule has 0 aliphatic carbocycles. The fraction of sp³-hybridized carbons (Fsp3) is 0.190. The Kier molecular flexibility index (Phi) is 4.68. The van der Waals surface area contributed by atoms with E-state index in [1.54, 1.807) is 27.3 Å². The first-order valence-electron chi connectivity index (χ1n) is 9.67.